The highest BCUT2D eigenvalue weighted by molar-refractivity contribution is 7.89. The van der Waals surface area contributed by atoms with E-state index >= 15 is 0 Å². The fraction of sp³-hybridized carbons (Fsp3) is 0.500. The van der Waals surface area contributed by atoms with Gasteiger partial charge in [0.25, 0.3) is 5.91 Å². The summed E-state index contributed by atoms with van der Waals surface area (Å²) in [5, 5.41) is 5.07. The van der Waals surface area contributed by atoms with Crippen LogP contribution in [0.5, 0.6) is 0 Å². The molecule has 0 spiro atoms. The van der Waals surface area contributed by atoms with Gasteiger partial charge in [0.15, 0.2) is 0 Å². The Labute approximate surface area is 124 Å². The smallest absolute Gasteiger partial charge is 0.256 e. The highest BCUT2D eigenvalue weighted by atomic mass is 32.2. The summed E-state index contributed by atoms with van der Waals surface area (Å²) in [5.74, 6) is -1.15. The standard InChI is InChI=1S/C14H19FN2O3S/c1-10-8-11(21(16,19)20)9-12(13(10)15)14(18)17-6-4-2-3-5-7-17/h8-9H,2-7H2,1H3,(H2,16,19,20). The Morgan fingerprint density at radius 3 is 2.29 bits per heavy atom. The van der Waals surface area contributed by atoms with Crippen LogP contribution in [0.2, 0.25) is 0 Å². The van der Waals surface area contributed by atoms with Crippen LogP contribution in [-0.4, -0.2) is 32.3 Å². The average molecular weight is 314 g/mol. The third kappa shape index (κ3) is 3.59. The Bertz CT molecular complexity index is 650. The van der Waals surface area contributed by atoms with Crippen LogP contribution < -0.4 is 5.14 Å². The zero-order chi connectivity index (χ0) is 15.6. The molecule has 1 aliphatic rings. The molecule has 1 heterocycles. The van der Waals surface area contributed by atoms with Gasteiger partial charge < -0.3 is 4.90 Å². The highest BCUT2D eigenvalue weighted by Gasteiger charge is 2.24. The molecule has 1 fully saturated rings. The van der Waals surface area contributed by atoms with Crippen molar-refractivity contribution in [3.8, 4) is 0 Å². The highest BCUT2D eigenvalue weighted by Crippen LogP contribution is 2.21. The molecular formula is C14H19FN2O3S. The minimum atomic E-state index is -3.97. The van der Waals surface area contributed by atoms with Gasteiger partial charge in [-0.3, -0.25) is 4.79 Å². The summed E-state index contributed by atoms with van der Waals surface area (Å²) in [7, 11) is -3.97. The predicted octanol–water partition coefficient (Wildman–Crippen LogP) is 1.80. The molecular weight excluding hydrogens is 295 g/mol. The van der Waals surface area contributed by atoms with Gasteiger partial charge in [-0.1, -0.05) is 12.8 Å². The molecule has 2 rings (SSSR count). The van der Waals surface area contributed by atoms with E-state index < -0.39 is 21.7 Å². The largest absolute Gasteiger partial charge is 0.339 e. The van der Waals surface area contributed by atoms with Crippen molar-refractivity contribution in [2.75, 3.05) is 13.1 Å². The second kappa shape index (κ2) is 6.11. The zero-order valence-corrected chi connectivity index (χ0v) is 12.7. The minimum Gasteiger partial charge on any atom is -0.339 e. The van der Waals surface area contributed by atoms with E-state index in [4.69, 9.17) is 5.14 Å². The average Bonchev–Trinajstić information content (AvgIpc) is 2.68. The van der Waals surface area contributed by atoms with Crippen LogP contribution in [0.1, 0.15) is 41.6 Å². The van der Waals surface area contributed by atoms with E-state index in [1.54, 1.807) is 4.90 Å². The molecule has 1 aromatic rings. The Balaban J connectivity index is 2.42. The number of nitrogens with zero attached hydrogens (tertiary/aromatic N) is 1. The van der Waals surface area contributed by atoms with Gasteiger partial charge in [0, 0.05) is 13.1 Å². The lowest BCUT2D eigenvalue weighted by atomic mass is 10.1. The lowest BCUT2D eigenvalue weighted by Gasteiger charge is -2.21. The van der Waals surface area contributed by atoms with Crippen LogP contribution in [0.3, 0.4) is 0 Å². The van der Waals surface area contributed by atoms with E-state index in [0.717, 1.165) is 37.8 Å². The summed E-state index contributed by atoms with van der Waals surface area (Å²) in [5.41, 5.74) is -0.124. The number of primary sulfonamides is 1. The van der Waals surface area contributed by atoms with E-state index in [9.17, 15) is 17.6 Å². The molecule has 0 unspecified atom stereocenters. The molecule has 5 nitrogen and oxygen atoms in total. The number of aryl methyl sites for hydroxylation is 1. The molecule has 1 saturated heterocycles. The van der Waals surface area contributed by atoms with Gasteiger partial charge in [-0.15, -0.1) is 0 Å². The summed E-state index contributed by atoms with van der Waals surface area (Å²) in [6.45, 7) is 2.55. The van der Waals surface area contributed by atoms with Gasteiger partial charge in [-0.2, -0.15) is 0 Å². The summed E-state index contributed by atoms with van der Waals surface area (Å²) in [4.78, 5) is 13.8. The number of sulfonamides is 1. The lowest BCUT2D eigenvalue weighted by molar-refractivity contribution is 0.0756. The van der Waals surface area contributed by atoms with Crippen molar-refractivity contribution >= 4 is 15.9 Å². The number of likely N-dealkylation sites (tertiary alicyclic amines) is 1. The number of amides is 1. The fourth-order valence-corrected chi connectivity index (χ4v) is 3.12. The van der Waals surface area contributed by atoms with Gasteiger partial charge in [0.2, 0.25) is 10.0 Å². The summed E-state index contributed by atoms with van der Waals surface area (Å²) >= 11 is 0. The van der Waals surface area contributed by atoms with Crippen LogP contribution in [0.15, 0.2) is 17.0 Å². The topological polar surface area (TPSA) is 80.5 Å². The second-order valence-corrected chi connectivity index (χ2v) is 6.91. The first-order valence-electron chi connectivity index (χ1n) is 6.93. The van der Waals surface area contributed by atoms with Crippen LogP contribution >= 0.6 is 0 Å². The maximum absolute atomic E-state index is 14.2. The van der Waals surface area contributed by atoms with Crippen molar-refractivity contribution < 1.29 is 17.6 Å². The number of hydrogen-bond donors (Lipinski definition) is 1. The summed E-state index contributed by atoms with van der Waals surface area (Å²) in [6, 6.07) is 2.18. The third-order valence-corrected chi connectivity index (χ3v) is 4.57. The van der Waals surface area contributed by atoms with Gasteiger partial charge in [0.1, 0.15) is 5.82 Å². The number of carbonyl (C=O) groups is 1. The molecule has 0 aromatic heterocycles. The van der Waals surface area contributed by atoms with Crippen molar-refractivity contribution in [1.29, 1.82) is 0 Å². The van der Waals surface area contributed by atoms with Crippen LogP contribution in [0.4, 0.5) is 4.39 Å². The number of rotatable bonds is 2. The molecule has 1 aliphatic heterocycles. The van der Waals surface area contributed by atoms with E-state index in [2.05, 4.69) is 0 Å². The maximum atomic E-state index is 14.2. The first-order chi connectivity index (χ1) is 9.80. The number of carbonyl (C=O) groups excluding carboxylic acids is 1. The van der Waals surface area contributed by atoms with Crippen LogP contribution in [0, 0.1) is 12.7 Å². The second-order valence-electron chi connectivity index (χ2n) is 5.35. The predicted molar refractivity (Wildman–Crippen MR) is 76.9 cm³/mol. The third-order valence-electron chi connectivity index (χ3n) is 3.68. The number of halogens is 1. The van der Waals surface area contributed by atoms with E-state index in [1.807, 2.05) is 0 Å². The number of hydrogen-bond acceptors (Lipinski definition) is 3. The van der Waals surface area contributed by atoms with Gasteiger partial charge in [-0.25, -0.2) is 17.9 Å². The normalized spacial score (nSPS) is 16.6. The first-order valence-corrected chi connectivity index (χ1v) is 8.47. The molecule has 1 amide bonds. The SMILES string of the molecule is Cc1cc(S(N)(=O)=O)cc(C(=O)N2CCCCCC2)c1F. The molecule has 21 heavy (non-hydrogen) atoms. The number of nitrogens with two attached hydrogens (primary N) is 1. The Hall–Kier alpha value is -1.47. The zero-order valence-electron chi connectivity index (χ0n) is 11.9. The van der Waals surface area contributed by atoms with Crippen molar-refractivity contribution in [2.45, 2.75) is 37.5 Å². The van der Waals surface area contributed by atoms with E-state index in [-0.39, 0.29) is 16.0 Å². The molecule has 0 bridgehead atoms. The summed E-state index contributed by atoms with van der Waals surface area (Å²) < 4.78 is 37.1. The molecule has 0 radical (unpaired) electrons. The molecule has 2 N–H and O–H groups in total. The molecule has 7 heteroatoms. The Morgan fingerprint density at radius 1 is 1.19 bits per heavy atom. The molecule has 116 valence electrons. The monoisotopic (exact) mass is 314 g/mol. The lowest BCUT2D eigenvalue weighted by Crippen LogP contribution is -2.32. The minimum absolute atomic E-state index is 0.0969. The quantitative estimate of drug-likeness (QED) is 0.904. The maximum Gasteiger partial charge on any atom is 0.256 e. The molecule has 1 aromatic carbocycles. The van der Waals surface area contributed by atoms with E-state index in [0.29, 0.717) is 13.1 Å². The van der Waals surface area contributed by atoms with Crippen LogP contribution in [0.25, 0.3) is 0 Å². The summed E-state index contributed by atoms with van der Waals surface area (Å²) in [6.07, 6.45) is 3.84. The first kappa shape index (κ1) is 15.9. The molecule has 0 saturated carbocycles. The Morgan fingerprint density at radius 2 is 1.76 bits per heavy atom. The van der Waals surface area contributed by atoms with Crippen molar-refractivity contribution in [3.05, 3.63) is 29.1 Å². The Kier molecular flexibility index (Phi) is 4.63. The van der Waals surface area contributed by atoms with Crippen molar-refractivity contribution in [3.63, 3.8) is 0 Å². The van der Waals surface area contributed by atoms with Gasteiger partial charge >= 0.3 is 0 Å². The van der Waals surface area contributed by atoms with Gasteiger partial charge in [-0.05, 0) is 37.5 Å². The van der Waals surface area contributed by atoms with E-state index in [1.165, 1.54) is 6.92 Å². The van der Waals surface area contributed by atoms with Gasteiger partial charge in [0.05, 0.1) is 10.5 Å². The molecule has 0 aliphatic carbocycles. The van der Waals surface area contributed by atoms with Crippen molar-refractivity contribution in [2.24, 2.45) is 5.14 Å². The fourth-order valence-electron chi connectivity index (χ4n) is 2.50. The van der Waals surface area contributed by atoms with Crippen molar-refractivity contribution in [1.82, 2.24) is 4.90 Å². The number of benzene rings is 1. The molecule has 0 atom stereocenters. The van der Waals surface area contributed by atoms with Crippen LogP contribution in [-0.2, 0) is 10.0 Å².